The number of nitrogens with one attached hydrogen (secondary N) is 1. The molecule has 0 fully saturated rings. The highest BCUT2D eigenvalue weighted by Crippen LogP contribution is 2.23. The van der Waals surface area contributed by atoms with Crippen LogP contribution in [-0.4, -0.2) is 16.6 Å². The molecule has 0 saturated carbocycles. The molecular weight excluding hydrogens is 340 g/mol. The molecule has 24 heavy (non-hydrogen) atoms. The average molecular weight is 349 g/mol. The zero-order valence-corrected chi connectivity index (χ0v) is 12.8. The van der Waals surface area contributed by atoms with Crippen LogP contribution < -0.4 is 5.32 Å². The standard InChI is InChI=1S/C15H9F2N3O3S/c16-12-3-2-11(6-13(12)17)24-8-15(21)19-14-4-1-10(20(22)23)5-9(14)7-18/h1-6H,8H2,(H,19,21). The van der Waals surface area contributed by atoms with Crippen molar-refractivity contribution >= 4 is 29.0 Å². The van der Waals surface area contributed by atoms with Crippen LogP contribution in [0.2, 0.25) is 0 Å². The third-order valence-electron chi connectivity index (χ3n) is 2.87. The minimum atomic E-state index is -1.01. The molecule has 0 saturated heterocycles. The van der Waals surface area contributed by atoms with Gasteiger partial charge in [0, 0.05) is 17.0 Å². The molecule has 9 heteroatoms. The predicted octanol–water partition coefficient (Wildman–Crippen LogP) is 3.48. The zero-order valence-electron chi connectivity index (χ0n) is 12.0. The van der Waals surface area contributed by atoms with Crippen molar-refractivity contribution in [3.63, 3.8) is 0 Å². The summed E-state index contributed by atoms with van der Waals surface area (Å²) in [5.41, 5.74) is -0.171. The summed E-state index contributed by atoms with van der Waals surface area (Å²) >= 11 is 0.982. The summed E-state index contributed by atoms with van der Waals surface area (Å²) in [6.07, 6.45) is 0. The Kier molecular flexibility index (Phi) is 5.44. The number of amides is 1. The first-order chi connectivity index (χ1) is 11.4. The van der Waals surface area contributed by atoms with E-state index < -0.39 is 22.5 Å². The number of rotatable bonds is 5. The van der Waals surface area contributed by atoms with Crippen molar-refractivity contribution in [3.8, 4) is 6.07 Å². The number of carbonyl (C=O) groups excluding carboxylic acids is 1. The van der Waals surface area contributed by atoms with Crippen LogP contribution >= 0.6 is 11.8 Å². The molecule has 122 valence electrons. The number of benzene rings is 2. The number of nitrogens with zero attached hydrogens (tertiary/aromatic N) is 2. The maximum atomic E-state index is 13.1. The van der Waals surface area contributed by atoms with Gasteiger partial charge in [-0.2, -0.15) is 5.26 Å². The van der Waals surface area contributed by atoms with Gasteiger partial charge in [-0.3, -0.25) is 14.9 Å². The molecule has 6 nitrogen and oxygen atoms in total. The highest BCUT2D eigenvalue weighted by molar-refractivity contribution is 8.00. The molecular formula is C15H9F2N3O3S. The van der Waals surface area contributed by atoms with Crippen LogP contribution in [-0.2, 0) is 4.79 Å². The van der Waals surface area contributed by atoms with Gasteiger partial charge in [-0.1, -0.05) is 0 Å². The Morgan fingerprint density at radius 1 is 1.25 bits per heavy atom. The van der Waals surface area contributed by atoms with Crippen molar-refractivity contribution in [2.45, 2.75) is 4.90 Å². The van der Waals surface area contributed by atoms with Crippen LogP contribution in [0.15, 0.2) is 41.3 Å². The maximum Gasteiger partial charge on any atom is 0.270 e. The Balaban J connectivity index is 2.03. The molecule has 2 aromatic carbocycles. The Morgan fingerprint density at radius 2 is 2.00 bits per heavy atom. The van der Waals surface area contributed by atoms with E-state index in [0.717, 1.165) is 30.0 Å². The minimum Gasteiger partial charge on any atom is -0.324 e. The van der Waals surface area contributed by atoms with Gasteiger partial charge >= 0.3 is 0 Å². The number of hydrogen-bond donors (Lipinski definition) is 1. The molecule has 2 rings (SSSR count). The van der Waals surface area contributed by atoms with Crippen LogP contribution in [0.1, 0.15) is 5.56 Å². The van der Waals surface area contributed by atoms with Gasteiger partial charge in [0.1, 0.15) is 6.07 Å². The first-order valence-corrected chi connectivity index (χ1v) is 7.45. The van der Waals surface area contributed by atoms with E-state index in [1.165, 1.54) is 18.2 Å². The topological polar surface area (TPSA) is 96.0 Å². The summed E-state index contributed by atoms with van der Waals surface area (Å²) in [5, 5.41) is 22.1. The van der Waals surface area contributed by atoms with Crippen molar-refractivity contribution in [1.29, 1.82) is 5.26 Å². The van der Waals surface area contributed by atoms with Crippen molar-refractivity contribution in [2.75, 3.05) is 11.1 Å². The van der Waals surface area contributed by atoms with Gasteiger partial charge in [0.15, 0.2) is 11.6 Å². The number of non-ortho nitro benzene ring substituents is 1. The summed E-state index contributed by atoms with van der Waals surface area (Å²) in [5.74, 6) is -2.58. The van der Waals surface area contributed by atoms with Crippen molar-refractivity contribution < 1.29 is 18.5 Å². The Labute approximate surface area is 139 Å². The molecule has 0 spiro atoms. The second-order valence-corrected chi connectivity index (χ2v) is 5.56. The number of hydrogen-bond acceptors (Lipinski definition) is 5. The first kappa shape index (κ1) is 17.4. The van der Waals surface area contributed by atoms with Gasteiger partial charge in [0.2, 0.25) is 5.91 Å². The zero-order chi connectivity index (χ0) is 17.7. The van der Waals surface area contributed by atoms with E-state index in [1.807, 2.05) is 0 Å². The van der Waals surface area contributed by atoms with E-state index in [-0.39, 0.29) is 22.7 Å². The number of nitro groups is 1. The largest absolute Gasteiger partial charge is 0.324 e. The molecule has 0 aromatic heterocycles. The van der Waals surface area contributed by atoms with Crippen LogP contribution in [0.5, 0.6) is 0 Å². The Bertz CT molecular complexity index is 852. The number of thioether (sulfide) groups is 1. The molecule has 0 unspecified atom stereocenters. The monoisotopic (exact) mass is 349 g/mol. The van der Waals surface area contributed by atoms with Crippen LogP contribution in [0, 0.1) is 33.1 Å². The van der Waals surface area contributed by atoms with Crippen molar-refractivity contribution in [2.24, 2.45) is 0 Å². The normalized spacial score (nSPS) is 10.0. The second kappa shape index (κ2) is 7.52. The third kappa shape index (κ3) is 4.27. The van der Waals surface area contributed by atoms with Gasteiger partial charge < -0.3 is 5.32 Å². The number of anilines is 1. The molecule has 1 N–H and O–H groups in total. The lowest BCUT2D eigenvalue weighted by molar-refractivity contribution is -0.384. The van der Waals surface area contributed by atoms with E-state index in [4.69, 9.17) is 5.26 Å². The molecule has 1 amide bonds. The smallest absolute Gasteiger partial charge is 0.270 e. The van der Waals surface area contributed by atoms with E-state index >= 15 is 0 Å². The van der Waals surface area contributed by atoms with Crippen molar-refractivity contribution in [3.05, 3.63) is 63.7 Å². The minimum absolute atomic E-state index is 0.0459. The van der Waals surface area contributed by atoms with Gasteiger partial charge in [0.25, 0.3) is 5.69 Å². The number of halogens is 2. The number of nitro benzene ring substituents is 1. The fourth-order valence-electron chi connectivity index (χ4n) is 1.75. The van der Waals surface area contributed by atoms with E-state index in [2.05, 4.69) is 5.32 Å². The van der Waals surface area contributed by atoms with Crippen molar-refractivity contribution in [1.82, 2.24) is 0 Å². The van der Waals surface area contributed by atoms with Crippen LogP contribution in [0.4, 0.5) is 20.2 Å². The van der Waals surface area contributed by atoms with Gasteiger partial charge in [-0.15, -0.1) is 11.8 Å². The van der Waals surface area contributed by atoms with Crippen LogP contribution in [0.25, 0.3) is 0 Å². The first-order valence-electron chi connectivity index (χ1n) is 6.47. The predicted molar refractivity (Wildman–Crippen MR) is 83.5 cm³/mol. The summed E-state index contributed by atoms with van der Waals surface area (Å²) in [6.45, 7) is 0. The van der Waals surface area contributed by atoms with Gasteiger partial charge in [-0.25, -0.2) is 8.78 Å². The van der Waals surface area contributed by atoms with E-state index in [0.29, 0.717) is 4.90 Å². The molecule has 0 aliphatic rings. The van der Waals surface area contributed by atoms with E-state index in [1.54, 1.807) is 6.07 Å². The SMILES string of the molecule is N#Cc1cc([N+](=O)[O-])ccc1NC(=O)CSc1ccc(F)c(F)c1. The number of carbonyl (C=O) groups is 1. The fraction of sp³-hybridized carbons (Fsp3) is 0.0667. The van der Waals surface area contributed by atoms with E-state index in [9.17, 15) is 23.7 Å². The molecule has 0 aliphatic carbocycles. The molecule has 0 bridgehead atoms. The third-order valence-corrected chi connectivity index (χ3v) is 3.86. The molecule has 2 aromatic rings. The van der Waals surface area contributed by atoms with Gasteiger partial charge in [-0.05, 0) is 24.3 Å². The lowest BCUT2D eigenvalue weighted by atomic mass is 10.1. The fourth-order valence-corrected chi connectivity index (χ4v) is 2.47. The van der Waals surface area contributed by atoms with Gasteiger partial charge in [0.05, 0.1) is 21.9 Å². The Morgan fingerprint density at radius 3 is 2.62 bits per heavy atom. The lowest BCUT2D eigenvalue weighted by Gasteiger charge is -2.07. The maximum absolute atomic E-state index is 13.1. The number of nitriles is 1. The van der Waals surface area contributed by atoms with Crippen LogP contribution in [0.3, 0.4) is 0 Å². The summed E-state index contributed by atoms with van der Waals surface area (Å²) < 4.78 is 25.9. The second-order valence-electron chi connectivity index (χ2n) is 4.51. The average Bonchev–Trinajstić information content (AvgIpc) is 2.56. The highest BCUT2D eigenvalue weighted by atomic mass is 32.2. The highest BCUT2D eigenvalue weighted by Gasteiger charge is 2.13. The summed E-state index contributed by atoms with van der Waals surface area (Å²) in [7, 11) is 0. The molecule has 0 atom stereocenters. The molecule has 0 aliphatic heterocycles. The quantitative estimate of drug-likeness (QED) is 0.506. The molecule has 0 heterocycles. The lowest BCUT2D eigenvalue weighted by Crippen LogP contribution is -2.15. The molecule has 0 radical (unpaired) electrons. The Hall–Kier alpha value is -2.99. The summed E-state index contributed by atoms with van der Waals surface area (Å²) in [6, 6.07) is 8.51. The summed E-state index contributed by atoms with van der Waals surface area (Å²) in [4.78, 5) is 22.3.